The van der Waals surface area contributed by atoms with Crippen LogP contribution in [0.25, 0.3) is 0 Å². The maximum absolute atomic E-state index is 11.2. The highest BCUT2D eigenvalue weighted by molar-refractivity contribution is 5.72. The summed E-state index contributed by atoms with van der Waals surface area (Å²) in [6, 6.07) is 0.986. The number of carbonyl (C=O) groups is 1. The molecule has 0 aliphatic heterocycles. The standard InChI is InChI=1S/C15H27NO2/c1-11(2)9-10-16(12-5-3-4-6-12)14-8-7-13(14)15(17)18/h11-14H,3-10H2,1-2H3,(H,17,18). The molecule has 18 heavy (non-hydrogen) atoms. The Morgan fingerprint density at radius 2 is 1.89 bits per heavy atom. The molecule has 2 saturated carbocycles. The molecule has 3 nitrogen and oxygen atoms in total. The molecule has 0 amide bonds. The van der Waals surface area contributed by atoms with Crippen molar-refractivity contribution in [3.05, 3.63) is 0 Å². The summed E-state index contributed by atoms with van der Waals surface area (Å²) in [7, 11) is 0. The molecule has 2 aliphatic carbocycles. The molecule has 0 saturated heterocycles. The van der Waals surface area contributed by atoms with Crippen LogP contribution in [0.15, 0.2) is 0 Å². The molecule has 2 aliphatic rings. The van der Waals surface area contributed by atoms with Crippen molar-refractivity contribution in [2.24, 2.45) is 11.8 Å². The normalized spacial score (nSPS) is 28.9. The topological polar surface area (TPSA) is 40.5 Å². The van der Waals surface area contributed by atoms with Gasteiger partial charge in [0.2, 0.25) is 0 Å². The number of carboxylic acids is 1. The molecule has 0 spiro atoms. The van der Waals surface area contributed by atoms with Gasteiger partial charge in [0.05, 0.1) is 5.92 Å². The van der Waals surface area contributed by atoms with Crippen LogP contribution in [-0.2, 0) is 4.79 Å². The van der Waals surface area contributed by atoms with Crippen LogP contribution >= 0.6 is 0 Å². The Bertz CT molecular complexity index is 284. The van der Waals surface area contributed by atoms with Crippen molar-refractivity contribution in [3.8, 4) is 0 Å². The number of carboxylic acid groups (broad SMARTS) is 1. The van der Waals surface area contributed by atoms with Crippen molar-refractivity contribution in [1.82, 2.24) is 4.90 Å². The highest BCUT2D eigenvalue weighted by Crippen LogP contribution is 2.37. The minimum absolute atomic E-state index is 0.0993. The van der Waals surface area contributed by atoms with E-state index >= 15 is 0 Å². The van der Waals surface area contributed by atoms with Gasteiger partial charge in [0, 0.05) is 12.1 Å². The quantitative estimate of drug-likeness (QED) is 0.790. The predicted octanol–water partition coefficient (Wildman–Crippen LogP) is 3.14. The molecule has 2 atom stereocenters. The zero-order valence-corrected chi connectivity index (χ0v) is 11.8. The van der Waals surface area contributed by atoms with Gasteiger partial charge < -0.3 is 5.11 Å². The number of nitrogens with zero attached hydrogens (tertiary/aromatic N) is 1. The fourth-order valence-corrected chi connectivity index (χ4v) is 3.43. The highest BCUT2D eigenvalue weighted by atomic mass is 16.4. The van der Waals surface area contributed by atoms with E-state index in [4.69, 9.17) is 0 Å². The van der Waals surface area contributed by atoms with Gasteiger partial charge >= 0.3 is 5.97 Å². The van der Waals surface area contributed by atoms with Crippen LogP contribution in [0.1, 0.15) is 58.8 Å². The summed E-state index contributed by atoms with van der Waals surface area (Å²) in [6.45, 7) is 5.60. The maximum atomic E-state index is 11.2. The third kappa shape index (κ3) is 3.05. The lowest BCUT2D eigenvalue weighted by atomic mass is 9.77. The van der Waals surface area contributed by atoms with Crippen LogP contribution in [0.4, 0.5) is 0 Å². The Morgan fingerprint density at radius 1 is 1.22 bits per heavy atom. The van der Waals surface area contributed by atoms with Crippen LogP contribution in [0.2, 0.25) is 0 Å². The first-order valence-electron chi connectivity index (χ1n) is 7.58. The SMILES string of the molecule is CC(C)CCN(C1CCCC1)C1CCC1C(=O)O. The van der Waals surface area contributed by atoms with E-state index in [1.807, 2.05) is 0 Å². The molecule has 0 heterocycles. The van der Waals surface area contributed by atoms with Crippen molar-refractivity contribution in [1.29, 1.82) is 0 Å². The van der Waals surface area contributed by atoms with Crippen molar-refractivity contribution >= 4 is 5.97 Å². The van der Waals surface area contributed by atoms with Gasteiger partial charge in [-0.1, -0.05) is 26.7 Å². The summed E-state index contributed by atoms with van der Waals surface area (Å²) in [4.78, 5) is 13.8. The maximum Gasteiger partial charge on any atom is 0.308 e. The number of rotatable bonds is 6. The van der Waals surface area contributed by atoms with Gasteiger partial charge in [0.1, 0.15) is 0 Å². The van der Waals surface area contributed by atoms with E-state index in [2.05, 4.69) is 18.7 Å². The zero-order chi connectivity index (χ0) is 13.1. The van der Waals surface area contributed by atoms with E-state index in [0.717, 1.165) is 19.4 Å². The van der Waals surface area contributed by atoms with Gasteiger partial charge in [-0.05, 0) is 44.6 Å². The van der Waals surface area contributed by atoms with Crippen LogP contribution in [0.3, 0.4) is 0 Å². The van der Waals surface area contributed by atoms with E-state index in [1.165, 1.54) is 32.1 Å². The lowest BCUT2D eigenvalue weighted by molar-refractivity contribution is -0.149. The summed E-state index contributed by atoms with van der Waals surface area (Å²) < 4.78 is 0. The fraction of sp³-hybridized carbons (Fsp3) is 0.933. The van der Waals surface area contributed by atoms with Crippen molar-refractivity contribution in [3.63, 3.8) is 0 Å². The molecule has 0 radical (unpaired) electrons. The molecule has 0 aromatic heterocycles. The monoisotopic (exact) mass is 253 g/mol. The second kappa shape index (κ2) is 6.05. The largest absolute Gasteiger partial charge is 0.481 e. The van der Waals surface area contributed by atoms with E-state index in [-0.39, 0.29) is 5.92 Å². The van der Waals surface area contributed by atoms with Crippen LogP contribution < -0.4 is 0 Å². The Balaban J connectivity index is 1.97. The smallest absolute Gasteiger partial charge is 0.308 e. The zero-order valence-electron chi connectivity index (χ0n) is 11.8. The molecule has 0 aromatic rings. The van der Waals surface area contributed by atoms with Crippen LogP contribution in [0, 0.1) is 11.8 Å². The van der Waals surface area contributed by atoms with E-state index in [1.54, 1.807) is 0 Å². The molecule has 0 bridgehead atoms. The van der Waals surface area contributed by atoms with Crippen molar-refractivity contribution in [2.75, 3.05) is 6.54 Å². The summed E-state index contributed by atoms with van der Waals surface area (Å²) in [5.74, 6) is 0.0220. The third-order valence-electron chi connectivity index (χ3n) is 4.74. The number of aliphatic carboxylic acids is 1. The molecule has 3 heteroatoms. The first-order chi connectivity index (χ1) is 8.59. The predicted molar refractivity (Wildman–Crippen MR) is 72.6 cm³/mol. The first-order valence-corrected chi connectivity index (χ1v) is 7.58. The second-order valence-corrected chi connectivity index (χ2v) is 6.45. The van der Waals surface area contributed by atoms with E-state index in [9.17, 15) is 9.90 Å². The molecule has 2 unspecified atom stereocenters. The van der Waals surface area contributed by atoms with Crippen LogP contribution in [0.5, 0.6) is 0 Å². The van der Waals surface area contributed by atoms with Crippen molar-refractivity contribution < 1.29 is 9.90 Å². The molecule has 1 N–H and O–H groups in total. The Labute approximate surface area is 111 Å². The van der Waals surface area contributed by atoms with E-state index in [0.29, 0.717) is 18.0 Å². The molecule has 0 aromatic carbocycles. The van der Waals surface area contributed by atoms with Gasteiger partial charge in [-0.2, -0.15) is 0 Å². The highest BCUT2D eigenvalue weighted by Gasteiger charge is 2.42. The Kier molecular flexibility index (Phi) is 4.66. The van der Waals surface area contributed by atoms with Gasteiger partial charge in [0.15, 0.2) is 0 Å². The van der Waals surface area contributed by atoms with Crippen LogP contribution in [-0.4, -0.2) is 34.6 Å². The number of hydrogen-bond donors (Lipinski definition) is 1. The lowest BCUT2D eigenvalue weighted by Crippen LogP contribution is -2.54. The van der Waals surface area contributed by atoms with Gasteiger partial charge in [-0.3, -0.25) is 9.69 Å². The second-order valence-electron chi connectivity index (χ2n) is 6.45. The molecule has 2 rings (SSSR count). The first kappa shape index (κ1) is 13.9. The fourth-order valence-electron chi connectivity index (χ4n) is 3.43. The molecule has 2 fully saturated rings. The Morgan fingerprint density at radius 3 is 2.33 bits per heavy atom. The van der Waals surface area contributed by atoms with Gasteiger partial charge in [-0.25, -0.2) is 0 Å². The third-order valence-corrected chi connectivity index (χ3v) is 4.74. The van der Waals surface area contributed by atoms with Gasteiger partial charge in [0.25, 0.3) is 0 Å². The minimum Gasteiger partial charge on any atom is -0.481 e. The van der Waals surface area contributed by atoms with Gasteiger partial charge in [-0.15, -0.1) is 0 Å². The minimum atomic E-state index is -0.584. The van der Waals surface area contributed by atoms with Crippen molar-refractivity contribution in [2.45, 2.75) is 70.9 Å². The summed E-state index contributed by atoms with van der Waals surface area (Å²) in [6.07, 6.45) is 8.37. The molecule has 104 valence electrons. The lowest BCUT2D eigenvalue weighted by Gasteiger charge is -2.45. The Hall–Kier alpha value is -0.570. The molecular formula is C15H27NO2. The summed E-state index contributed by atoms with van der Waals surface area (Å²) in [5, 5.41) is 9.25. The summed E-state index contributed by atoms with van der Waals surface area (Å²) in [5.41, 5.74) is 0. The molecular weight excluding hydrogens is 226 g/mol. The number of hydrogen-bond acceptors (Lipinski definition) is 2. The average molecular weight is 253 g/mol. The summed E-state index contributed by atoms with van der Waals surface area (Å²) >= 11 is 0. The van der Waals surface area contributed by atoms with E-state index < -0.39 is 5.97 Å². The average Bonchev–Trinajstić information content (AvgIpc) is 2.73.